The molecule has 7 nitrogen and oxygen atoms in total. The quantitative estimate of drug-likeness (QED) is 0.738. The number of anilines is 1. The summed E-state index contributed by atoms with van der Waals surface area (Å²) in [6.45, 7) is 2.11. The second-order valence-corrected chi connectivity index (χ2v) is 7.46. The van der Waals surface area contributed by atoms with E-state index in [9.17, 15) is 18.0 Å². The second kappa shape index (κ2) is 7.93. The van der Waals surface area contributed by atoms with Gasteiger partial charge < -0.3 is 15.1 Å². The largest absolute Gasteiger partial charge is 0.495 e. The zero-order valence-corrected chi connectivity index (χ0v) is 17.4. The number of carbonyl (C=O) groups excluding carboxylic acids is 1. The number of nitrogens with zero attached hydrogens (tertiary/aromatic N) is 3. The van der Waals surface area contributed by atoms with E-state index in [1.165, 1.54) is 17.0 Å². The Hall–Kier alpha value is -2.98. The van der Waals surface area contributed by atoms with Crippen molar-refractivity contribution in [1.82, 2.24) is 20.8 Å². The van der Waals surface area contributed by atoms with Crippen LogP contribution >= 0.6 is 11.6 Å². The number of benzene rings is 1. The minimum atomic E-state index is -4.64. The first-order valence-electron chi connectivity index (χ1n) is 9.44. The number of hydrogen-bond donors (Lipinski definition) is 2. The third kappa shape index (κ3) is 3.77. The number of ether oxygens (including phenoxy) is 1. The van der Waals surface area contributed by atoms with Crippen LogP contribution in [0.2, 0.25) is 5.02 Å². The van der Waals surface area contributed by atoms with Crippen molar-refractivity contribution >= 4 is 23.3 Å². The van der Waals surface area contributed by atoms with Crippen molar-refractivity contribution < 1.29 is 22.7 Å². The number of alkyl halides is 3. The van der Waals surface area contributed by atoms with Gasteiger partial charge in [-0.15, -0.1) is 5.53 Å². The monoisotopic (exact) mass is 453 g/mol. The standard InChI is InChI=1S/C20H19ClF3N5O2/c1-11-18-15(29(27-26-18)16-7-6-12(31-2)10-25-16)8-9-28(11)19(30)13-4-3-5-14(17(13)21)20(22,23)24/h3-7,10-11,26-27H,8-9H2,1-2H3. The maximum Gasteiger partial charge on any atom is 0.417 e. The number of methoxy groups -OCH3 is 1. The molecule has 2 N–H and O–H groups in total. The van der Waals surface area contributed by atoms with Crippen molar-refractivity contribution in [2.24, 2.45) is 0 Å². The highest BCUT2D eigenvalue weighted by molar-refractivity contribution is 6.34. The Morgan fingerprint density at radius 1 is 1.29 bits per heavy atom. The molecule has 0 fully saturated rings. The molecule has 0 saturated heterocycles. The molecule has 164 valence electrons. The topological polar surface area (TPSA) is 69.7 Å². The fraction of sp³-hybridized carbons (Fsp3) is 0.300. The van der Waals surface area contributed by atoms with Crippen LogP contribution in [0.3, 0.4) is 0 Å². The maximum absolute atomic E-state index is 13.2. The molecular formula is C20H19ClF3N5O2. The molecule has 2 aromatic rings. The van der Waals surface area contributed by atoms with Crippen LogP contribution in [0.1, 0.15) is 29.3 Å². The summed E-state index contributed by atoms with van der Waals surface area (Å²) in [7, 11) is 1.55. The fourth-order valence-corrected chi connectivity index (χ4v) is 4.03. The summed E-state index contributed by atoms with van der Waals surface area (Å²) in [6.07, 6.45) is -2.58. The SMILES string of the molecule is COc1ccc(N2NNC3=C2CCN(C(=O)c2cccc(C(F)(F)F)c2Cl)C3C)nc1. The van der Waals surface area contributed by atoms with Gasteiger partial charge in [-0.3, -0.25) is 4.79 Å². The number of halogens is 4. The molecule has 0 spiro atoms. The summed E-state index contributed by atoms with van der Waals surface area (Å²) in [5, 5.41) is 1.18. The van der Waals surface area contributed by atoms with Gasteiger partial charge in [0, 0.05) is 13.0 Å². The van der Waals surface area contributed by atoms with E-state index in [1.807, 2.05) is 0 Å². The van der Waals surface area contributed by atoms with E-state index >= 15 is 0 Å². The highest BCUT2D eigenvalue weighted by Gasteiger charge is 2.39. The number of pyridine rings is 1. The predicted octanol–water partition coefficient (Wildman–Crippen LogP) is 3.74. The summed E-state index contributed by atoms with van der Waals surface area (Å²) in [4.78, 5) is 18.9. The number of hydrogen-bond acceptors (Lipinski definition) is 6. The Kier molecular flexibility index (Phi) is 5.44. The van der Waals surface area contributed by atoms with Crippen LogP contribution in [0.25, 0.3) is 0 Å². The zero-order valence-electron chi connectivity index (χ0n) is 16.6. The Bertz CT molecular complexity index is 1040. The van der Waals surface area contributed by atoms with E-state index in [0.29, 0.717) is 24.5 Å². The Morgan fingerprint density at radius 3 is 2.71 bits per heavy atom. The van der Waals surface area contributed by atoms with Crippen molar-refractivity contribution in [3.05, 3.63) is 64.1 Å². The molecule has 2 aliphatic rings. The van der Waals surface area contributed by atoms with Gasteiger partial charge in [0.2, 0.25) is 0 Å². The summed E-state index contributed by atoms with van der Waals surface area (Å²) < 4.78 is 44.7. The minimum absolute atomic E-state index is 0.174. The molecule has 1 aromatic heterocycles. The van der Waals surface area contributed by atoms with Gasteiger partial charge in [-0.05, 0) is 31.2 Å². The normalized spacial score (nSPS) is 18.7. The average Bonchev–Trinajstić information content (AvgIpc) is 3.18. The van der Waals surface area contributed by atoms with Gasteiger partial charge in [0.1, 0.15) is 11.6 Å². The molecule has 11 heteroatoms. The Labute approximate surface area is 181 Å². The van der Waals surface area contributed by atoms with Crippen molar-refractivity contribution in [2.75, 3.05) is 18.7 Å². The second-order valence-electron chi connectivity index (χ2n) is 7.08. The molecule has 1 atom stereocenters. The van der Waals surface area contributed by atoms with Gasteiger partial charge in [0.15, 0.2) is 0 Å². The van der Waals surface area contributed by atoms with Crippen LogP contribution in [0.15, 0.2) is 47.9 Å². The zero-order chi connectivity index (χ0) is 22.3. The molecule has 1 aromatic carbocycles. The highest BCUT2D eigenvalue weighted by atomic mass is 35.5. The molecular weight excluding hydrogens is 435 g/mol. The van der Waals surface area contributed by atoms with Crippen molar-refractivity contribution in [1.29, 1.82) is 0 Å². The van der Waals surface area contributed by atoms with Crippen molar-refractivity contribution in [3.8, 4) is 5.75 Å². The first kappa shape index (κ1) is 21.3. The molecule has 1 amide bonds. The number of amides is 1. The van der Waals surface area contributed by atoms with Crippen LogP contribution in [0, 0.1) is 0 Å². The first-order valence-corrected chi connectivity index (χ1v) is 9.81. The van der Waals surface area contributed by atoms with Gasteiger partial charge in [0.05, 0.1) is 46.9 Å². The lowest BCUT2D eigenvalue weighted by molar-refractivity contribution is -0.137. The lowest BCUT2D eigenvalue weighted by Crippen LogP contribution is -2.46. The average molecular weight is 454 g/mol. The third-order valence-corrected chi connectivity index (χ3v) is 5.75. The van der Waals surface area contributed by atoms with E-state index in [-0.39, 0.29) is 5.56 Å². The lowest BCUT2D eigenvalue weighted by atomic mass is 10.0. The van der Waals surface area contributed by atoms with Gasteiger partial charge >= 0.3 is 6.18 Å². The third-order valence-electron chi connectivity index (χ3n) is 5.34. The molecule has 31 heavy (non-hydrogen) atoms. The predicted molar refractivity (Wildman–Crippen MR) is 108 cm³/mol. The molecule has 2 aliphatic heterocycles. The molecule has 3 heterocycles. The van der Waals surface area contributed by atoms with Crippen LogP contribution in [0.5, 0.6) is 5.75 Å². The van der Waals surface area contributed by atoms with Crippen LogP contribution in [0.4, 0.5) is 19.0 Å². The van der Waals surface area contributed by atoms with E-state index in [4.69, 9.17) is 16.3 Å². The van der Waals surface area contributed by atoms with Gasteiger partial charge in [0.25, 0.3) is 5.91 Å². The molecule has 0 aliphatic carbocycles. The number of nitrogens with one attached hydrogen (secondary N) is 2. The lowest BCUT2D eigenvalue weighted by Gasteiger charge is -2.35. The van der Waals surface area contributed by atoms with Crippen molar-refractivity contribution in [3.63, 3.8) is 0 Å². The van der Waals surface area contributed by atoms with E-state index in [2.05, 4.69) is 15.9 Å². The summed E-state index contributed by atoms with van der Waals surface area (Å²) >= 11 is 5.96. The van der Waals surface area contributed by atoms with Crippen LogP contribution in [-0.4, -0.2) is 35.5 Å². The molecule has 0 radical (unpaired) electrons. The fourth-order valence-electron chi connectivity index (χ4n) is 3.71. The number of rotatable bonds is 3. The summed E-state index contributed by atoms with van der Waals surface area (Å²) in [5.74, 6) is 0.695. The number of hydrazine groups is 2. The smallest absolute Gasteiger partial charge is 0.417 e. The van der Waals surface area contributed by atoms with E-state index < -0.39 is 28.7 Å². The number of carbonyl (C=O) groups is 1. The molecule has 1 unspecified atom stereocenters. The molecule has 0 bridgehead atoms. The number of aromatic nitrogens is 1. The Balaban J connectivity index is 1.60. The van der Waals surface area contributed by atoms with E-state index in [1.54, 1.807) is 37.4 Å². The maximum atomic E-state index is 13.2. The van der Waals surface area contributed by atoms with Gasteiger partial charge in [-0.25, -0.2) is 9.99 Å². The van der Waals surface area contributed by atoms with Crippen molar-refractivity contribution in [2.45, 2.75) is 25.6 Å². The Morgan fingerprint density at radius 2 is 2.06 bits per heavy atom. The summed E-state index contributed by atoms with van der Waals surface area (Å²) in [5.41, 5.74) is 6.49. The molecule has 4 rings (SSSR count). The van der Waals surface area contributed by atoms with E-state index in [0.717, 1.165) is 17.5 Å². The summed E-state index contributed by atoms with van der Waals surface area (Å²) in [6, 6.07) is 6.51. The molecule has 0 saturated carbocycles. The van der Waals surface area contributed by atoms with Crippen LogP contribution in [-0.2, 0) is 6.18 Å². The van der Waals surface area contributed by atoms with Gasteiger partial charge in [-0.1, -0.05) is 17.7 Å². The first-order chi connectivity index (χ1) is 14.7. The highest BCUT2D eigenvalue weighted by Crippen LogP contribution is 2.37. The minimum Gasteiger partial charge on any atom is -0.495 e. The van der Waals surface area contributed by atoms with Gasteiger partial charge in [-0.2, -0.15) is 13.2 Å². The van der Waals surface area contributed by atoms with Crippen LogP contribution < -0.4 is 20.7 Å².